The summed E-state index contributed by atoms with van der Waals surface area (Å²) in [6.45, 7) is 2.28. The van der Waals surface area contributed by atoms with Gasteiger partial charge < -0.3 is 14.8 Å². The van der Waals surface area contributed by atoms with Gasteiger partial charge in [-0.25, -0.2) is 4.39 Å². The van der Waals surface area contributed by atoms with Crippen molar-refractivity contribution in [3.05, 3.63) is 59.4 Å². The molecule has 0 aliphatic heterocycles. The molecule has 1 atom stereocenters. The van der Waals surface area contributed by atoms with E-state index in [1.165, 1.54) is 6.07 Å². The van der Waals surface area contributed by atoms with Crippen molar-refractivity contribution in [1.82, 2.24) is 5.32 Å². The number of hydrogen-bond donors (Lipinski definition) is 1. The predicted octanol–water partition coefficient (Wildman–Crippen LogP) is 3.69. The summed E-state index contributed by atoms with van der Waals surface area (Å²) < 4.78 is 24.7. The molecule has 4 heteroatoms. The second-order valence-corrected chi connectivity index (χ2v) is 4.84. The Morgan fingerprint density at radius 3 is 2.67 bits per heavy atom. The highest BCUT2D eigenvalue weighted by atomic mass is 19.1. The lowest BCUT2D eigenvalue weighted by atomic mass is 10.1. The van der Waals surface area contributed by atoms with Crippen molar-refractivity contribution < 1.29 is 13.9 Å². The van der Waals surface area contributed by atoms with Crippen molar-refractivity contribution in [3.8, 4) is 11.5 Å². The van der Waals surface area contributed by atoms with Gasteiger partial charge >= 0.3 is 0 Å². The molecule has 0 spiro atoms. The summed E-state index contributed by atoms with van der Waals surface area (Å²) in [5, 5.41) is 3.08. The van der Waals surface area contributed by atoms with E-state index in [-0.39, 0.29) is 17.6 Å². The fourth-order valence-electron chi connectivity index (χ4n) is 1.99. The molecule has 2 aromatic rings. The number of methoxy groups -OCH3 is 1. The third-order valence-corrected chi connectivity index (χ3v) is 3.42. The molecule has 2 aromatic carbocycles. The molecule has 1 N–H and O–H groups in total. The molecular formula is C17H20FNO2. The van der Waals surface area contributed by atoms with Crippen LogP contribution in [0.5, 0.6) is 11.5 Å². The van der Waals surface area contributed by atoms with Crippen LogP contribution in [0.2, 0.25) is 0 Å². The SMILES string of the molecule is CNC(C)c1ccc(OCc2cccc(OC)c2)c(F)c1. The van der Waals surface area contributed by atoms with Crippen LogP contribution in [0.1, 0.15) is 24.1 Å². The van der Waals surface area contributed by atoms with E-state index in [1.54, 1.807) is 13.2 Å². The molecule has 0 heterocycles. The Morgan fingerprint density at radius 1 is 1.19 bits per heavy atom. The van der Waals surface area contributed by atoms with E-state index in [4.69, 9.17) is 9.47 Å². The van der Waals surface area contributed by atoms with Gasteiger partial charge in [0.25, 0.3) is 0 Å². The standard InChI is InChI=1S/C17H20FNO2/c1-12(19-2)14-7-8-17(16(18)10-14)21-11-13-5-4-6-15(9-13)20-3/h4-10,12,19H,11H2,1-3H3. The van der Waals surface area contributed by atoms with Crippen LogP contribution in [0.25, 0.3) is 0 Å². The van der Waals surface area contributed by atoms with Gasteiger partial charge in [0.2, 0.25) is 0 Å². The number of nitrogens with one attached hydrogen (secondary N) is 1. The molecule has 0 saturated carbocycles. The van der Waals surface area contributed by atoms with Crippen LogP contribution in [-0.4, -0.2) is 14.2 Å². The Morgan fingerprint density at radius 2 is 2.00 bits per heavy atom. The zero-order chi connectivity index (χ0) is 15.2. The van der Waals surface area contributed by atoms with Crippen LogP contribution in [0, 0.1) is 5.82 Å². The monoisotopic (exact) mass is 289 g/mol. The molecule has 21 heavy (non-hydrogen) atoms. The Balaban J connectivity index is 2.06. The molecule has 0 amide bonds. The van der Waals surface area contributed by atoms with Crippen LogP contribution in [0.4, 0.5) is 4.39 Å². The van der Waals surface area contributed by atoms with Crippen LogP contribution >= 0.6 is 0 Å². The summed E-state index contributed by atoms with van der Waals surface area (Å²) in [6.07, 6.45) is 0. The van der Waals surface area contributed by atoms with Crippen LogP contribution in [0.3, 0.4) is 0 Å². The van der Waals surface area contributed by atoms with Gasteiger partial charge in [-0.3, -0.25) is 0 Å². The zero-order valence-electron chi connectivity index (χ0n) is 12.5. The third-order valence-electron chi connectivity index (χ3n) is 3.42. The number of benzene rings is 2. The molecule has 112 valence electrons. The summed E-state index contributed by atoms with van der Waals surface area (Å²) in [5.41, 5.74) is 1.82. The Hall–Kier alpha value is -2.07. The van der Waals surface area contributed by atoms with Crippen molar-refractivity contribution in [2.75, 3.05) is 14.2 Å². The molecule has 0 aliphatic carbocycles. The smallest absolute Gasteiger partial charge is 0.165 e. The average Bonchev–Trinajstić information content (AvgIpc) is 2.53. The number of hydrogen-bond acceptors (Lipinski definition) is 3. The summed E-state index contributed by atoms with van der Waals surface area (Å²) in [4.78, 5) is 0. The third kappa shape index (κ3) is 3.95. The highest BCUT2D eigenvalue weighted by Gasteiger charge is 2.09. The quantitative estimate of drug-likeness (QED) is 0.879. The first-order valence-corrected chi connectivity index (χ1v) is 6.86. The lowest BCUT2D eigenvalue weighted by molar-refractivity contribution is 0.289. The summed E-state index contributed by atoms with van der Waals surface area (Å²) in [6, 6.07) is 12.7. The largest absolute Gasteiger partial charge is 0.497 e. The van der Waals surface area contributed by atoms with E-state index >= 15 is 0 Å². The van der Waals surface area contributed by atoms with Gasteiger partial charge in [-0.05, 0) is 49.4 Å². The molecule has 0 bridgehead atoms. The topological polar surface area (TPSA) is 30.5 Å². The Kier molecular flexibility index (Phi) is 5.17. The van der Waals surface area contributed by atoms with E-state index in [9.17, 15) is 4.39 Å². The minimum Gasteiger partial charge on any atom is -0.497 e. The van der Waals surface area contributed by atoms with Crippen LogP contribution in [0.15, 0.2) is 42.5 Å². The van der Waals surface area contributed by atoms with Crippen molar-refractivity contribution in [3.63, 3.8) is 0 Å². The number of rotatable bonds is 6. The highest BCUT2D eigenvalue weighted by Crippen LogP contribution is 2.23. The molecule has 0 fully saturated rings. The second-order valence-electron chi connectivity index (χ2n) is 4.84. The summed E-state index contributed by atoms with van der Waals surface area (Å²) >= 11 is 0. The molecule has 0 aliphatic rings. The normalized spacial score (nSPS) is 12.0. The fraction of sp³-hybridized carbons (Fsp3) is 0.294. The first-order chi connectivity index (χ1) is 10.1. The van der Waals surface area contributed by atoms with E-state index in [0.29, 0.717) is 6.61 Å². The maximum absolute atomic E-state index is 14.0. The van der Waals surface area contributed by atoms with E-state index < -0.39 is 0 Å². The highest BCUT2D eigenvalue weighted by molar-refractivity contribution is 5.32. The second kappa shape index (κ2) is 7.09. The van der Waals surface area contributed by atoms with E-state index in [2.05, 4.69) is 5.32 Å². The van der Waals surface area contributed by atoms with Gasteiger partial charge in [-0.1, -0.05) is 18.2 Å². The molecule has 2 rings (SSSR count). The minimum absolute atomic E-state index is 0.104. The summed E-state index contributed by atoms with van der Waals surface area (Å²) in [7, 11) is 3.46. The van der Waals surface area contributed by atoms with Gasteiger partial charge in [0, 0.05) is 6.04 Å². The van der Waals surface area contributed by atoms with Crippen molar-refractivity contribution >= 4 is 0 Å². The first-order valence-electron chi connectivity index (χ1n) is 6.86. The lowest BCUT2D eigenvalue weighted by Crippen LogP contribution is -2.12. The van der Waals surface area contributed by atoms with Gasteiger partial charge in [-0.2, -0.15) is 0 Å². The Bertz CT molecular complexity index is 601. The van der Waals surface area contributed by atoms with Crippen LogP contribution in [-0.2, 0) is 6.61 Å². The molecule has 0 saturated heterocycles. The molecule has 0 aromatic heterocycles. The van der Waals surface area contributed by atoms with Gasteiger partial charge in [0.1, 0.15) is 12.4 Å². The number of halogens is 1. The predicted molar refractivity (Wildman–Crippen MR) is 81.2 cm³/mol. The maximum Gasteiger partial charge on any atom is 0.165 e. The van der Waals surface area contributed by atoms with Gasteiger partial charge in [-0.15, -0.1) is 0 Å². The molecule has 1 unspecified atom stereocenters. The minimum atomic E-state index is -0.350. The fourth-order valence-corrected chi connectivity index (χ4v) is 1.99. The zero-order valence-corrected chi connectivity index (χ0v) is 12.5. The number of ether oxygens (including phenoxy) is 2. The lowest BCUT2D eigenvalue weighted by Gasteiger charge is -2.13. The molecular weight excluding hydrogens is 269 g/mol. The van der Waals surface area contributed by atoms with Crippen molar-refractivity contribution in [2.24, 2.45) is 0 Å². The molecule has 3 nitrogen and oxygen atoms in total. The van der Waals surface area contributed by atoms with Crippen molar-refractivity contribution in [2.45, 2.75) is 19.6 Å². The van der Waals surface area contributed by atoms with Gasteiger partial charge in [0.15, 0.2) is 11.6 Å². The van der Waals surface area contributed by atoms with Crippen LogP contribution < -0.4 is 14.8 Å². The average molecular weight is 289 g/mol. The van der Waals surface area contributed by atoms with E-state index in [1.807, 2.05) is 44.3 Å². The Labute approximate surface area is 124 Å². The van der Waals surface area contributed by atoms with Gasteiger partial charge in [0.05, 0.1) is 7.11 Å². The van der Waals surface area contributed by atoms with Crippen molar-refractivity contribution in [1.29, 1.82) is 0 Å². The first kappa shape index (κ1) is 15.3. The van der Waals surface area contributed by atoms with E-state index in [0.717, 1.165) is 16.9 Å². The summed E-state index contributed by atoms with van der Waals surface area (Å²) in [5.74, 6) is 0.664. The molecule has 0 radical (unpaired) electrons. The maximum atomic E-state index is 14.0.